The Kier molecular flexibility index (Phi) is 4.41. The molecule has 24 heavy (non-hydrogen) atoms. The highest BCUT2D eigenvalue weighted by atomic mass is 19.1. The monoisotopic (exact) mass is 330 g/mol. The van der Waals surface area contributed by atoms with Crippen molar-refractivity contribution in [3.63, 3.8) is 0 Å². The van der Waals surface area contributed by atoms with E-state index in [4.69, 9.17) is 5.73 Å². The quantitative estimate of drug-likeness (QED) is 0.907. The molecule has 1 aromatic carbocycles. The number of nitrogens with two attached hydrogens (primary N) is 1. The average molecular weight is 330 g/mol. The molecule has 1 saturated carbocycles. The first-order valence-electron chi connectivity index (χ1n) is 8.33. The van der Waals surface area contributed by atoms with E-state index in [0.29, 0.717) is 24.2 Å². The van der Waals surface area contributed by atoms with Crippen LogP contribution in [0.25, 0.3) is 5.69 Å². The van der Waals surface area contributed by atoms with Crippen molar-refractivity contribution in [1.82, 2.24) is 9.78 Å². The first-order valence-corrected chi connectivity index (χ1v) is 8.33. The number of hydrogen-bond acceptors (Lipinski definition) is 3. The van der Waals surface area contributed by atoms with Crippen LogP contribution in [-0.4, -0.2) is 21.2 Å². The lowest BCUT2D eigenvalue weighted by Crippen LogP contribution is -2.52. The highest BCUT2D eigenvalue weighted by molar-refractivity contribution is 5.98. The first kappa shape index (κ1) is 16.6. The third-order valence-electron chi connectivity index (χ3n) is 4.64. The molecule has 0 atom stereocenters. The Hall–Kier alpha value is -2.21. The van der Waals surface area contributed by atoms with E-state index < -0.39 is 11.4 Å². The molecule has 0 radical (unpaired) electrons. The lowest BCUT2D eigenvalue weighted by atomic mass is 9.82. The third kappa shape index (κ3) is 3.19. The van der Waals surface area contributed by atoms with Gasteiger partial charge in [-0.1, -0.05) is 19.3 Å². The van der Waals surface area contributed by atoms with Crippen LogP contribution in [0.15, 0.2) is 24.3 Å². The Morgan fingerprint density at radius 1 is 1.25 bits per heavy atom. The van der Waals surface area contributed by atoms with Gasteiger partial charge in [-0.05, 0) is 51.0 Å². The van der Waals surface area contributed by atoms with Crippen molar-refractivity contribution in [1.29, 1.82) is 0 Å². The number of hydrogen-bond donors (Lipinski definition) is 2. The van der Waals surface area contributed by atoms with Gasteiger partial charge in [0, 0.05) is 11.4 Å². The fourth-order valence-corrected chi connectivity index (χ4v) is 3.29. The number of nitrogens with one attached hydrogen (secondary N) is 1. The molecule has 3 rings (SSSR count). The second-order valence-corrected chi connectivity index (χ2v) is 6.68. The Morgan fingerprint density at radius 2 is 1.96 bits per heavy atom. The minimum atomic E-state index is -0.844. The molecule has 6 heteroatoms. The van der Waals surface area contributed by atoms with Crippen LogP contribution in [0.1, 0.15) is 43.5 Å². The Bertz CT molecular complexity index is 762. The second kappa shape index (κ2) is 6.36. The van der Waals surface area contributed by atoms with Crippen LogP contribution in [0, 0.1) is 19.7 Å². The summed E-state index contributed by atoms with van der Waals surface area (Å²) in [6.07, 6.45) is 4.36. The van der Waals surface area contributed by atoms with E-state index in [1.807, 2.05) is 19.9 Å². The molecule has 0 unspecified atom stereocenters. The molecule has 5 nitrogen and oxygen atoms in total. The molecular formula is C18H23FN4O. The summed E-state index contributed by atoms with van der Waals surface area (Å²) in [5.41, 5.74) is 7.82. The molecule has 0 aliphatic heterocycles. The molecule has 2 aromatic rings. The van der Waals surface area contributed by atoms with Gasteiger partial charge in [0.2, 0.25) is 5.91 Å². The van der Waals surface area contributed by atoms with Gasteiger partial charge in [0.15, 0.2) is 5.82 Å². The number of amides is 1. The van der Waals surface area contributed by atoms with E-state index in [1.165, 1.54) is 6.07 Å². The largest absolute Gasteiger partial charge is 0.324 e. The molecule has 3 N–H and O–H groups in total. The standard InChI is InChI=1S/C18H23FN4O/c1-12-10-13(2)23(22-12)16-7-6-14(11-15(16)19)21-17(24)18(20)8-4-3-5-9-18/h6-7,10-11H,3-5,8-9,20H2,1-2H3,(H,21,24). The van der Waals surface area contributed by atoms with Gasteiger partial charge >= 0.3 is 0 Å². The molecule has 0 bridgehead atoms. The van der Waals surface area contributed by atoms with Gasteiger partial charge in [-0.15, -0.1) is 0 Å². The lowest BCUT2D eigenvalue weighted by Gasteiger charge is -2.31. The SMILES string of the molecule is Cc1cc(C)n(-c2ccc(NC(=O)C3(N)CCCCC3)cc2F)n1. The third-order valence-corrected chi connectivity index (χ3v) is 4.64. The van der Waals surface area contributed by atoms with Crippen LogP contribution < -0.4 is 11.1 Å². The minimum absolute atomic E-state index is 0.236. The lowest BCUT2D eigenvalue weighted by molar-refractivity contribution is -0.122. The van der Waals surface area contributed by atoms with E-state index in [-0.39, 0.29) is 5.91 Å². The van der Waals surface area contributed by atoms with Crippen molar-refractivity contribution in [2.24, 2.45) is 5.73 Å². The van der Waals surface area contributed by atoms with Crippen LogP contribution in [0.2, 0.25) is 0 Å². The summed E-state index contributed by atoms with van der Waals surface area (Å²) in [5.74, 6) is -0.672. The van der Waals surface area contributed by atoms with E-state index >= 15 is 0 Å². The van der Waals surface area contributed by atoms with Crippen molar-refractivity contribution in [2.45, 2.75) is 51.5 Å². The molecule has 0 spiro atoms. The summed E-state index contributed by atoms with van der Waals surface area (Å²) in [6, 6.07) is 6.50. The summed E-state index contributed by atoms with van der Waals surface area (Å²) in [5, 5.41) is 7.04. The average Bonchev–Trinajstić information content (AvgIpc) is 2.86. The molecule has 1 aromatic heterocycles. The summed E-state index contributed by atoms with van der Waals surface area (Å²) < 4.78 is 16.0. The summed E-state index contributed by atoms with van der Waals surface area (Å²) in [7, 11) is 0. The van der Waals surface area contributed by atoms with E-state index in [1.54, 1.807) is 16.8 Å². The predicted molar refractivity (Wildman–Crippen MR) is 91.6 cm³/mol. The number of aromatic nitrogens is 2. The minimum Gasteiger partial charge on any atom is -0.324 e. The highest BCUT2D eigenvalue weighted by Crippen LogP contribution is 2.28. The molecular weight excluding hydrogens is 307 g/mol. The molecule has 0 saturated heterocycles. The fourth-order valence-electron chi connectivity index (χ4n) is 3.29. The number of rotatable bonds is 3. The first-order chi connectivity index (χ1) is 11.4. The van der Waals surface area contributed by atoms with Gasteiger partial charge in [0.1, 0.15) is 5.69 Å². The smallest absolute Gasteiger partial charge is 0.244 e. The number of carbonyl (C=O) groups is 1. The van der Waals surface area contributed by atoms with Gasteiger partial charge in [-0.25, -0.2) is 9.07 Å². The molecule has 128 valence electrons. The molecule has 1 heterocycles. The zero-order valence-electron chi connectivity index (χ0n) is 14.1. The Balaban J connectivity index is 1.80. The van der Waals surface area contributed by atoms with Gasteiger partial charge in [-0.2, -0.15) is 5.10 Å². The number of nitrogens with zero attached hydrogens (tertiary/aromatic N) is 2. The van der Waals surface area contributed by atoms with E-state index in [9.17, 15) is 9.18 Å². The van der Waals surface area contributed by atoms with Crippen molar-refractivity contribution in [2.75, 3.05) is 5.32 Å². The number of anilines is 1. The number of benzene rings is 1. The molecule has 1 aliphatic rings. The van der Waals surface area contributed by atoms with Crippen molar-refractivity contribution in [3.8, 4) is 5.69 Å². The maximum absolute atomic E-state index is 14.5. The van der Waals surface area contributed by atoms with Crippen LogP contribution in [0.4, 0.5) is 10.1 Å². The number of aryl methyl sites for hydroxylation is 2. The van der Waals surface area contributed by atoms with Gasteiger partial charge in [-0.3, -0.25) is 4.79 Å². The normalized spacial score (nSPS) is 16.8. The molecule has 1 aliphatic carbocycles. The summed E-state index contributed by atoms with van der Waals surface area (Å²) in [4.78, 5) is 12.4. The van der Waals surface area contributed by atoms with Crippen molar-refractivity contribution in [3.05, 3.63) is 41.5 Å². The van der Waals surface area contributed by atoms with Crippen LogP contribution in [-0.2, 0) is 4.79 Å². The second-order valence-electron chi connectivity index (χ2n) is 6.68. The van der Waals surface area contributed by atoms with Crippen molar-refractivity contribution < 1.29 is 9.18 Å². The van der Waals surface area contributed by atoms with Crippen molar-refractivity contribution >= 4 is 11.6 Å². The van der Waals surface area contributed by atoms with E-state index in [2.05, 4.69) is 10.4 Å². The number of halogens is 1. The van der Waals surface area contributed by atoms with Crippen LogP contribution in [0.3, 0.4) is 0 Å². The zero-order chi connectivity index (χ0) is 17.3. The topological polar surface area (TPSA) is 72.9 Å². The molecule has 1 amide bonds. The van der Waals surface area contributed by atoms with Gasteiger partial charge in [0.05, 0.1) is 11.2 Å². The number of carbonyl (C=O) groups excluding carboxylic acids is 1. The Morgan fingerprint density at radius 3 is 2.54 bits per heavy atom. The fraction of sp³-hybridized carbons (Fsp3) is 0.444. The van der Waals surface area contributed by atoms with Gasteiger partial charge in [0.25, 0.3) is 0 Å². The zero-order valence-corrected chi connectivity index (χ0v) is 14.1. The molecule has 1 fully saturated rings. The predicted octanol–water partition coefficient (Wildman–Crippen LogP) is 3.23. The van der Waals surface area contributed by atoms with E-state index in [0.717, 1.165) is 30.7 Å². The van der Waals surface area contributed by atoms with Crippen LogP contribution in [0.5, 0.6) is 0 Å². The summed E-state index contributed by atoms with van der Waals surface area (Å²) in [6.45, 7) is 3.73. The van der Waals surface area contributed by atoms with Crippen LogP contribution >= 0.6 is 0 Å². The van der Waals surface area contributed by atoms with Gasteiger partial charge < -0.3 is 11.1 Å². The maximum Gasteiger partial charge on any atom is 0.244 e. The summed E-state index contributed by atoms with van der Waals surface area (Å²) >= 11 is 0. The highest BCUT2D eigenvalue weighted by Gasteiger charge is 2.35. The Labute approximate surface area is 141 Å². The maximum atomic E-state index is 14.5.